The van der Waals surface area contributed by atoms with Gasteiger partial charge < -0.3 is 14.6 Å². The summed E-state index contributed by atoms with van der Waals surface area (Å²) in [5.74, 6) is 0.871. The van der Waals surface area contributed by atoms with E-state index in [0.29, 0.717) is 34.5 Å². The van der Waals surface area contributed by atoms with Crippen LogP contribution in [0.3, 0.4) is 0 Å². The summed E-state index contributed by atoms with van der Waals surface area (Å²) < 4.78 is 23.5. The molecule has 0 bridgehead atoms. The molecule has 1 aromatic carbocycles. The Labute approximate surface area is 149 Å². The van der Waals surface area contributed by atoms with Gasteiger partial charge >= 0.3 is 0 Å². The first-order chi connectivity index (χ1) is 12.4. The van der Waals surface area contributed by atoms with Gasteiger partial charge in [-0.1, -0.05) is 5.16 Å². The molecule has 134 valence electrons. The third-order valence-electron chi connectivity index (χ3n) is 3.68. The van der Waals surface area contributed by atoms with Gasteiger partial charge in [0.25, 0.3) is 5.91 Å². The number of hydrogen-bond donors (Lipinski definition) is 1. The highest BCUT2D eigenvalue weighted by Crippen LogP contribution is 2.23. The molecule has 0 aliphatic heterocycles. The highest BCUT2D eigenvalue weighted by Gasteiger charge is 2.13. The molecular formula is C18H17FN4O3. The van der Waals surface area contributed by atoms with Crippen LogP contribution in [0.5, 0.6) is 5.88 Å². The molecule has 0 aliphatic rings. The minimum Gasteiger partial charge on any atom is -0.467 e. The van der Waals surface area contributed by atoms with E-state index in [0.717, 1.165) is 5.56 Å². The largest absolute Gasteiger partial charge is 0.467 e. The van der Waals surface area contributed by atoms with Gasteiger partial charge in [0.05, 0.1) is 0 Å². The van der Waals surface area contributed by atoms with Crippen molar-refractivity contribution in [2.24, 2.45) is 0 Å². The minimum atomic E-state index is -0.391. The lowest BCUT2D eigenvalue weighted by molar-refractivity contribution is -0.118. The summed E-state index contributed by atoms with van der Waals surface area (Å²) in [6.07, 6.45) is 0. The van der Waals surface area contributed by atoms with Crippen LogP contribution in [0.25, 0.3) is 11.4 Å². The molecule has 2 heterocycles. The van der Waals surface area contributed by atoms with Crippen LogP contribution >= 0.6 is 0 Å². The molecule has 0 radical (unpaired) electrons. The molecule has 3 rings (SSSR count). The lowest BCUT2D eigenvalue weighted by Crippen LogP contribution is -2.21. The smallest absolute Gasteiger partial charge is 0.263 e. The van der Waals surface area contributed by atoms with Gasteiger partial charge in [-0.25, -0.2) is 9.37 Å². The minimum absolute atomic E-state index is 0.244. The van der Waals surface area contributed by atoms with Crippen molar-refractivity contribution in [3.63, 3.8) is 0 Å². The maximum Gasteiger partial charge on any atom is 0.263 e. The highest BCUT2D eigenvalue weighted by molar-refractivity contribution is 5.90. The predicted molar refractivity (Wildman–Crippen MR) is 92.3 cm³/mol. The first-order valence-electron chi connectivity index (χ1n) is 7.89. The third-order valence-corrected chi connectivity index (χ3v) is 3.68. The molecule has 0 unspecified atom stereocenters. The van der Waals surface area contributed by atoms with Gasteiger partial charge in [-0.15, -0.1) is 0 Å². The molecule has 0 aliphatic carbocycles. The summed E-state index contributed by atoms with van der Waals surface area (Å²) in [7, 11) is 0. The van der Waals surface area contributed by atoms with Gasteiger partial charge in [0.15, 0.2) is 18.2 Å². The van der Waals surface area contributed by atoms with Crippen molar-refractivity contribution in [3.05, 3.63) is 53.2 Å². The average molecular weight is 356 g/mol. The van der Waals surface area contributed by atoms with Gasteiger partial charge in [-0.3, -0.25) is 4.79 Å². The van der Waals surface area contributed by atoms with Crippen molar-refractivity contribution < 1.29 is 18.4 Å². The quantitative estimate of drug-likeness (QED) is 0.755. The van der Waals surface area contributed by atoms with Gasteiger partial charge in [0, 0.05) is 22.9 Å². The predicted octanol–water partition coefficient (Wildman–Crippen LogP) is 3.21. The van der Waals surface area contributed by atoms with Gasteiger partial charge in [-0.2, -0.15) is 4.98 Å². The van der Waals surface area contributed by atoms with Crippen LogP contribution in [0, 0.1) is 26.6 Å². The second-order valence-electron chi connectivity index (χ2n) is 5.73. The number of nitrogens with zero attached hydrogens (tertiary/aromatic N) is 3. The van der Waals surface area contributed by atoms with Crippen LogP contribution in [-0.4, -0.2) is 27.6 Å². The van der Waals surface area contributed by atoms with Gasteiger partial charge in [-0.05, 0) is 45.0 Å². The number of anilines is 1. The normalized spacial score (nSPS) is 10.6. The summed E-state index contributed by atoms with van der Waals surface area (Å²) in [6, 6.07) is 7.44. The fraction of sp³-hybridized carbons (Fsp3) is 0.222. The number of amides is 1. The van der Waals surface area contributed by atoms with Crippen LogP contribution in [0.15, 0.2) is 34.9 Å². The van der Waals surface area contributed by atoms with E-state index in [9.17, 15) is 9.18 Å². The Bertz CT molecular complexity index is 938. The van der Waals surface area contributed by atoms with E-state index in [1.54, 1.807) is 32.0 Å². The molecular weight excluding hydrogens is 339 g/mol. The molecule has 0 atom stereocenters. The van der Waals surface area contributed by atoms with E-state index in [2.05, 4.69) is 20.4 Å². The van der Waals surface area contributed by atoms with Crippen LogP contribution in [-0.2, 0) is 4.79 Å². The second kappa shape index (κ2) is 7.30. The standard InChI is InChI=1S/C18H17FN4O3/c1-10-8-15(23-26-10)21-16(24)9-25-18-11(2)12(3)20-17(22-18)13-4-6-14(19)7-5-13/h4-8H,9H2,1-3H3,(H,21,23,24). The lowest BCUT2D eigenvalue weighted by atomic mass is 10.2. The maximum absolute atomic E-state index is 13.1. The van der Waals surface area contributed by atoms with Crippen molar-refractivity contribution in [1.29, 1.82) is 0 Å². The Morgan fingerprint density at radius 3 is 2.58 bits per heavy atom. The van der Waals surface area contributed by atoms with Crippen LogP contribution in [0.4, 0.5) is 10.2 Å². The SMILES string of the molecule is Cc1cc(NC(=O)COc2nc(-c3ccc(F)cc3)nc(C)c2C)no1. The molecule has 0 saturated heterocycles. The van der Waals surface area contributed by atoms with E-state index in [1.807, 2.05) is 6.92 Å². The number of hydrogen-bond acceptors (Lipinski definition) is 6. The zero-order valence-electron chi connectivity index (χ0n) is 14.5. The fourth-order valence-corrected chi connectivity index (χ4v) is 2.21. The summed E-state index contributed by atoms with van der Waals surface area (Å²) in [6.45, 7) is 5.10. The Kier molecular flexibility index (Phi) is 4.92. The number of benzene rings is 1. The number of aryl methyl sites for hydroxylation is 2. The van der Waals surface area contributed by atoms with Crippen LogP contribution < -0.4 is 10.1 Å². The first kappa shape index (κ1) is 17.5. The van der Waals surface area contributed by atoms with Crippen LogP contribution in [0.2, 0.25) is 0 Å². The molecule has 26 heavy (non-hydrogen) atoms. The lowest BCUT2D eigenvalue weighted by Gasteiger charge is -2.11. The summed E-state index contributed by atoms with van der Waals surface area (Å²) >= 11 is 0. The Hall–Kier alpha value is -3.29. The van der Waals surface area contributed by atoms with Crippen molar-refractivity contribution in [2.75, 3.05) is 11.9 Å². The maximum atomic E-state index is 13.1. The average Bonchev–Trinajstić information content (AvgIpc) is 3.01. The molecule has 1 amide bonds. The number of halogens is 1. The topological polar surface area (TPSA) is 90.1 Å². The molecule has 0 fully saturated rings. The Morgan fingerprint density at radius 2 is 1.92 bits per heavy atom. The van der Waals surface area contributed by atoms with E-state index in [4.69, 9.17) is 9.26 Å². The number of ether oxygens (including phenoxy) is 1. The number of nitrogens with one attached hydrogen (secondary N) is 1. The fourth-order valence-electron chi connectivity index (χ4n) is 2.21. The number of carbonyl (C=O) groups excluding carboxylic acids is 1. The van der Waals surface area contributed by atoms with E-state index < -0.39 is 5.91 Å². The van der Waals surface area contributed by atoms with E-state index in [-0.39, 0.29) is 12.4 Å². The molecule has 1 N–H and O–H groups in total. The van der Waals surface area contributed by atoms with Crippen molar-refractivity contribution >= 4 is 11.7 Å². The molecule has 2 aromatic heterocycles. The molecule has 0 saturated carbocycles. The number of carbonyl (C=O) groups is 1. The Morgan fingerprint density at radius 1 is 1.19 bits per heavy atom. The number of aromatic nitrogens is 3. The van der Waals surface area contributed by atoms with Crippen molar-refractivity contribution in [2.45, 2.75) is 20.8 Å². The summed E-state index contributed by atoms with van der Waals surface area (Å²) in [5.41, 5.74) is 2.09. The van der Waals surface area contributed by atoms with Crippen molar-refractivity contribution in [3.8, 4) is 17.3 Å². The summed E-state index contributed by atoms with van der Waals surface area (Å²) in [5, 5.41) is 6.25. The van der Waals surface area contributed by atoms with Crippen molar-refractivity contribution in [1.82, 2.24) is 15.1 Å². The second-order valence-corrected chi connectivity index (χ2v) is 5.73. The molecule has 0 spiro atoms. The van der Waals surface area contributed by atoms with Gasteiger partial charge in [0.1, 0.15) is 11.6 Å². The van der Waals surface area contributed by atoms with E-state index in [1.165, 1.54) is 12.1 Å². The zero-order valence-corrected chi connectivity index (χ0v) is 14.5. The zero-order chi connectivity index (χ0) is 18.7. The van der Waals surface area contributed by atoms with E-state index >= 15 is 0 Å². The Balaban J connectivity index is 1.74. The third kappa shape index (κ3) is 4.02. The number of rotatable bonds is 5. The highest BCUT2D eigenvalue weighted by atomic mass is 19.1. The molecule has 7 nitrogen and oxygen atoms in total. The summed E-state index contributed by atoms with van der Waals surface area (Å²) in [4.78, 5) is 20.7. The molecule has 3 aromatic rings. The molecule has 8 heteroatoms. The first-order valence-corrected chi connectivity index (χ1v) is 7.89. The monoisotopic (exact) mass is 356 g/mol. The van der Waals surface area contributed by atoms with Gasteiger partial charge in [0.2, 0.25) is 5.88 Å². The van der Waals surface area contributed by atoms with Crippen LogP contribution in [0.1, 0.15) is 17.0 Å².